The molecule has 4 nitrogen and oxygen atoms in total. The highest BCUT2D eigenvalue weighted by atomic mass is 16.5. The fourth-order valence-electron chi connectivity index (χ4n) is 10.6. The van der Waals surface area contributed by atoms with E-state index in [1.54, 1.807) is 0 Å². The maximum Gasteiger partial charge on any atom is 0.311 e. The zero-order valence-corrected chi connectivity index (χ0v) is 25.6. The molecular weight excluding hydrogens is 472 g/mol. The summed E-state index contributed by atoms with van der Waals surface area (Å²) >= 11 is 0. The molecule has 4 fully saturated rings. The molecule has 0 saturated heterocycles. The molecule has 5 aliphatic rings. The molecule has 212 valence electrons. The summed E-state index contributed by atoms with van der Waals surface area (Å²) in [6.07, 6.45) is 10.4. The Labute approximate surface area is 231 Å². The molecule has 0 aromatic heterocycles. The van der Waals surface area contributed by atoms with Gasteiger partial charge >= 0.3 is 5.97 Å². The lowest BCUT2D eigenvalue weighted by molar-refractivity contribution is -0.188. The van der Waals surface area contributed by atoms with Crippen LogP contribution in [0, 0.1) is 56.2 Å². The third-order valence-electron chi connectivity index (χ3n) is 13.4. The van der Waals surface area contributed by atoms with Crippen molar-refractivity contribution in [3.05, 3.63) is 11.6 Å². The summed E-state index contributed by atoms with van der Waals surface area (Å²) in [4.78, 5) is 40.7. The van der Waals surface area contributed by atoms with Crippen LogP contribution < -0.4 is 0 Å². The Bertz CT molecular complexity index is 1080. The van der Waals surface area contributed by atoms with Gasteiger partial charge in [0.05, 0.1) is 12.0 Å². The molecule has 0 aromatic carbocycles. The first-order valence-electron chi connectivity index (χ1n) is 15.4. The van der Waals surface area contributed by atoms with Crippen molar-refractivity contribution in [2.24, 2.45) is 56.2 Å². The van der Waals surface area contributed by atoms with E-state index in [9.17, 15) is 14.4 Å². The van der Waals surface area contributed by atoms with Gasteiger partial charge in [0.2, 0.25) is 0 Å². The van der Waals surface area contributed by atoms with Crippen molar-refractivity contribution in [1.29, 1.82) is 0 Å². The molecule has 0 bridgehead atoms. The molecule has 0 aromatic rings. The highest BCUT2D eigenvalue weighted by Crippen LogP contribution is 2.74. The predicted molar refractivity (Wildman–Crippen MR) is 150 cm³/mol. The number of rotatable bonds is 3. The van der Waals surface area contributed by atoms with E-state index in [1.165, 1.54) is 5.57 Å². The van der Waals surface area contributed by atoms with Gasteiger partial charge in [-0.15, -0.1) is 0 Å². The molecule has 4 heteroatoms. The van der Waals surface area contributed by atoms with E-state index in [0.29, 0.717) is 24.7 Å². The molecule has 38 heavy (non-hydrogen) atoms. The summed E-state index contributed by atoms with van der Waals surface area (Å²) in [7, 11) is 0. The predicted octanol–water partition coefficient (Wildman–Crippen LogP) is 7.74. The number of carbonyl (C=O) groups is 3. The van der Waals surface area contributed by atoms with Crippen LogP contribution in [0.25, 0.3) is 0 Å². The average molecular weight is 525 g/mol. The Hall–Kier alpha value is -1.45. The maximum atomic E-state index is 14.4. The van der Waals surface area contributed by atoms with Crippen molar-refractivity contribution in [2.75, 3.05) is 6.61 Å². The summed E-state index contributed by atoms with van der Waals surface area (Å²) in [5.41, 5.74) is 0.203. The van der Waals surface area contributed by atoms with E-state index in [0.717, 1.165) is 51.4 Å². The van der Waals surface area contributed by atoms with Gasteiger partial charge in [0, 0.05) is 17.8 Å². The van der Waals surface area contributed by atoms with Gasteiger partial charge in [0.1, 0.15) is 5.78 Å². The number of ether oxygens (including phenoxy) is 1. The maximum absolute atomic E-state index is 14.4. The lowest BCUT2D eigenvalue weighted by Crippen LogP contribution is -2.66. The van der Waals surface area contributed by atoms with Gasteiger partial charge in [0.25, 0.3) is 0 Å². The Balaban J connectivity index is 1.55. The SMILES string of the molecule is CC(C)COC(=O)[C@@]1(C)CC[C@]2(C)CC[C@]3(C)C(=CC(=O)[C@@H]4[C@@]5(C)CCC(=O)C(C)(C)[C@@H]5CC[C@]43C)C2C1. The molecule has 0 amide bonds. The number of ketones is 2. The number of hydrogen-bond donors (Lipinski definition) is 0. The molecular formula is C34H52O4. The van der Waals surface area contributed by atoms with Crippen molar-refractivity contribution >= 4 is 17.5 Å². The van der Waals surface area contributed by atoms with Crippen molar-refractivity contribution in [3.8, 4) is 0 Å². The largest absolute Gasteiger partial charge is 0.465 e. The van der Waals surface area contributed by atoms with E-state index >= 15 is 0 Å². The van der Waals surface area contributed by atoms with Crippen LogP contribution in [-0.4, -0.2) is 24.1 Å². The van der Waals surface area contributed by atoms with Crippen molar-refractivity contribution in [3.63, 3.8) is 0 Å². The zero-order valence-electron chi connectivity index (χ0n) is 25.6. The summed E-state index contributed by atoms with van der Waals surface area (Å²) < 4.78 is 5.79. The van der Waals surface area contributed by atoms with Crippen LogP contribution in [0.3, 0.4) is 0 Å². The molecule has 0 heterocycles. The van der Waals surface area contributed by atoms with Crippen molar-refractivity contribution < 1.29 is 19.1 Å². The van der Waals surface area contributed by atoms with Crippen LogP contribution >= 0.6 is 0 Å². The average Bonchev–Trinajstić information content (AvgIpc) is 2.82. The lowest BCUT2D eigenvalue weighted by Gasteiger charge is -2.69. The third kappa shape index (κ3) is 3.63. The van der Waals surface area contributed by atoms with Crippen LogP contribution in [0.4, 0.5) is 0 Å². The summed E-state index contributed by atoms with van der Waals surface area (Å²) in [6, 6.07) is 0. The summed E-state index contributed by atoms with van der Waals surface area (Å²) in [5.74, 6) is 1.34. The highest BCUT2D eigenvalue weighted by Gasteiger charge is 2.70. The van der Waals surface area contributed by atoms with Crippen LogP contribution in [0.1, 0.15) is 120 Å². The number of carbonyl (C=O) groups excluding carboxylic acids is 3. The zero-order chi connectivity index (χ0) is 28.1. The van der Waals surface area contributed by atoms with Gasteiger partial charge in [-0.3, -0.25) is 14.4 Å². The Kier molecular flexibility index (Phi) is 6.30. The quantitative estimate of drug-likeness (QED) is 0.354. The van der Waals surface area contributed by atoms with Crippen LogP contribution in [0.5, 0.6) is 0 Å². The van der Waals surface area contributed by atoms with E-state index in [-0.39, 0.29) is 56.6 Å². The molecule has 1 unspecified atom stereocenters. The molecule has 5 aliphatic carbocycles. The molecule has 0 aliphatic heterocycles. The monoisotopic (exact) mass is 524 g/mol. The number of allylic oxidation sites excluding steroid dienone is 2. The van der Waals surface area contributed by atoms with E-state index in [1.807, 2.05) is 0 Å². The lowest BCUT2D eigenvalue weighted by atomic mass is 9.33. The number of Topliss-reactive ketones (excluding diaryl/α,β-unsaturated/α-hetero) is 1. The van der Waals surface area contributed by atoms with E-state index in [4.69, 9.17) is 4.74 Å². The fourth-order valence-corrected chi connectivity index (χ4v) is 10.6. The molecule has 4 saturated carbocycles. The van der Waals surface area contributed by atoms with Crippen LogP contribution in [-0.2, 0) is 19.1 Å². The first-order chi connectivity index (χ1) is 17.4. The number of hydrogen-bond acceptors (Lipinski definition) is 4. The topological polar surface area (TPSA) is 60.4 Å². The Morgan fingerprint density at radius 2 is 1.61 bits per heavy atom. The Morgan fingerprint density at radius 3 is 2.26 bits per heavy atom. The number of fused-ring (bicyclic) bond motifs is 7. The van der Waals surface area contributed by atoms with Crippen LogP contribution in [0.15, 0.2) is 11.6 Å². The van der Waals surface area contributed by atoms with E-state index in [2.05, 4.69) is 68.4 Å². The van der Waals surface area contributed by atoms with Gasteiger partial charge in [-0.05, 0) is 104 Å². The first kappa shape index (κ1) is 28.1. The minimum Gasteiger partial charge on any atom is -0.465 e. The van der Waals surface area contributed by atoms with Crippen molar-refractivity contribution in [2.45, 2.75) is 120 Å². The molecule has 0 radical (unpaired) electrons. The minimum absolute atomic E-state index is 0.0507. The van der Waals surface area contributed by atoms with E-state index < -0.39 is 5.41 Å². The summed E-state index contributed by atoms with van der Waals surface area (Å²) in [6.45, 7) is 20.6. The van der Waals surface area contributed by atoms with Crippen LogP contribution in [0.2, 0.25) is 0 Å². The fraction of sp³-hybridized carbons (Fsp3) is 0.853. The van der Waals surface area contributed by atoms with Gasteiger partial charge in [-0.1, -0.05) is 61.0 Å². The first-order valence-corrected chi connectivity index (χ1v) is 15.4. The van der Waals surface area contributed by atoms with Gasteiger partial charge < -0.3 is 4.74 Å². The van der Waals surface area contributed by atoms with Gasteiger partial charge in [0.15, 0.2) is 5.78 Å². The Morgan fingerprint density at radius 1 is 0.947 bits per heavy atom. The van der Waals surface area contributed by atoms with Gasteiger partial charge in [-0.2, -0.15) is 0 Å². The smallest absolute Gasteiger partial charge is 0.311 e. The van der Waals surface area contributed by atoms with Gasteiger partial charge in [-0.25, -0.2) is 0 Å². The number of esters is 1. The minimum atomic E-state index is -0.504. The second kappa shape index (κ2) is 8.53. The normalized spacial score (nSPS) is 47.8. The molecule has 0 N–H and O–H groups in total. The second-order valence-electron chi connectivity index (χ2n) is 16.4. The molecule has 8 atom stereocenters. The summed E-state index contributed by atoms with van der Waals surface area (Å²) in [5, 5.41) is 0. The second-order valence-corrected chi connectivity index (χ2v) is 16.4. The molecule has 0 spiro atoms. The van der Waals surface area contributed by atoms with Crippen molar-refractivity contribution in [1.82, 2.24) is 0 Å². The standard InChI is InChI=1S/C34H52O4/c1-21(2)20-38-28(37)31(6)15-14-30(5)16-17-33(8)22(23(30)19-31)18-24(35)27-32(7)12-11-26(36)29(3,4)25(32)10-13-34(27,33)9/h18,21,23,25,27H,10-17,19-20H2,1-9H3/t23?,25-,27+,30+,31-,32-,33+,34+/m0/s1. The molecule has 5 rings (SSSR count). The highest BCUT2D eigenvalue weighted by molar-refractivity contribution is 5.96. The third-order valence-corrected chi connectivity index (χ3v) is 13.4.